The number of anilines is 1. The van der Waals surface area contributed by atoms with Crippen molar-refractivity contribution in [1.29, 1.82) is 5.26 Å². The smallest absolute Gasteiger partial charge is 0.263 e. The first-order valence-electron chi connectivity index (χ1n) is 6.33. The molecule has 0 aliphatic carbocycles. The van der Waals surface area contributed by atoms with Crippen LogP contribution in [-0.2, 0) is 10.0 Å². The van der Waals surface area contributed by atoms with Gasteiger partial charge in [-0.3, -0.25) is 4.72 Å². The second-order valence-corrected chi connectivity index (χ2v) is 7.54. The van der Waals surface area contributed by atoms with E-state index in [1.165, 1.54) is 18.2 Å². The summed E-state index contributed by atoms with van der Waals surface area (Å²) in [6.07, 6.45) is 0. The lowest BCUT2D eigenvalue weighted by atomic mass is 10.2. The van der Waals surface area contributed by atoms with Gasteiger partial charge in [-0.1, -0.05) is 34.8 Å². The molecule has 1 aliphatic heterocycles. The second kappa shape index (κ2) is 6.22. The summed E-state index contributed by atoms with van der Waals surface area (Å²) in [5.74, 6) is 0.689. The van der Waals surface area contributed by atoms with Crippen molar-refractivity contribution in [3.05, 3.63) is 44.9 Å². The van der Waals surface area contributed by atoms with Gasteiger partial charge in [0.25, 0.3) is 10.0 Å². The van der Waals surface area contributed by atoms with Gasteiger partial charge in [0, 0.05) is 12.1 Å². The first-order chi connectivity index (χ1) is 11.3. The second-order valence-electron chi connectivity index (χ2n) is 4.67. The fraction of sp³-hybridized carbons (Fsp3) is 0.0714. The Morgan fingerprint density at radius 2 is 1.62 bits per heavy atom. The molecule has 0 saturated carbocycles. The Hall–Kier alpha value is -1.85. The van der Waals surface area contributed by atoms with Crippen molar-refractivity contribution in [2.24, 2.45) is 0 Å². The lowest BCUT2D eigenvalue weighted by Gasteiger charge is -2.12. The van der Waals surface area contributed by atoms with Gasteiger partial charge in [-0.25, -0.2) is 8.42 Å². The molecule has 0 aromatic heterocycles. The number of fused-ring (bicyclic) bond motifs is 1. The Kier molecular flexibility index (Phi) is 4.40. The number of nitrogens with one attached hydrogen (secondary N) is 1. The Bertz CT molecular complexity index is 986. The molecule has 6 nitrogen and oxygen atoms in total. The molecule has 3 rings (SSSR count). The van der Waals surface area contributed by atoms with E-state index in [0.29, 0.717) is 11.5 Å². The van der Waals surface area contributed by atoms with Crippen molar-refractivity contribution in [2.75, 3.05) is 11.5 Å². The maximum absolute atomic E-state index is 12.6. The van der Waals surface area contributed by atoms with Crippen molar-refractivity contribution in [3.63, 3.8) is 0 Å². The van der Waals surface area contributed by atoms with Crippen LogP contribution in [0.15, 0.2) is 29.2 Å². The Morgan fingerprint density at radius 3 is 2.29 bits per heavy atom. The summed E-state index contributed by atoms with van der Waals surface area (Å²) in [7, 11) is -4.11. The standard InChI is InChI=1S/C14H7Cl3N2O4S/c15-8-2-10(17)14(3-9(8)16)24(20,21)19-11-4-13-12(22-6-23-13)1-7(11)5-18/h1-4,19H,6H2. The number of hydrogen-bond donors (Lipinski definition) is 1. The molecule has 1 heterocycles. The van der Waals surface area contributed by atoms with E-state index in [4.69, 9.17) is 44.3 Å². The van der Waals surface area contributed by atoms with Crippen LogP contribution in [0.5, 0.6) is 11.5 Å². The van der Waals surface area contributed by atoms with Gasteiger partial charge < -0.3 is 9.47 Å². The molecule has 0 radical (unpaired) electrons. The zero-order valence-electron chi connectivity index (χ0n) is 11.6. The summed E-state index contributed by atoms with van der Waals surface area (Å²) in [5.41, 5.74) is 0.0999. The molecule has 0 fully saturated rings. The van der Waals surface area contributed by atoms with Gasteiger partial charge in [0.05, 0.1) is 26.3 Å². The molecule has 0 spiro atoms. The van der Waals surface area contributed by atoms with Crippen molar-refractivity contribution in [2.45, 2.75) is 4.90 Å². The Balaban J connectivity index is 2.05. The van der Waals surface area contributed by atoms with Gasteiger partial charge >= 0.3 is 0 Å². The van der Waals surface area contributed by atoms with E-state index >= 15 is 0 Å². The van der Waals surface area contributed by atoms with Crippen LogP contribution in [0.3, 0.4) is 0 Å². The maximum Gasteiger partial charge on any atom is 0.263 e. The number of halogens is 3. The van der Waals surface area contributed by atoms with Crippen molar-refractivity contribution in [1.82, 2.24) is 0 Å². The van der Waals surface area contributed by atoms with Gasteiger partial charge in [-0.05, 0) is 12.1 Å². The number of sulfonamides is 1. The molecular formula is C14H7Cl3N2O4S. The van der Waals surface area contributed by atoms with E-state index in [1.54, 1.807) is 0 Å². The van der Waals surface area contributed by atoms with Crippen LogP contribution >= 0.6 is 34.8 Å². The highest BCUT2D eigenvalue weighted by Gasteiger charge is 2.24. The normalized spacial score (nSPS) is 12.8. The molecule has 0 amide bonds. The summed E-state index contributed by atoms with van der Waals surface area (Å²) in [6.45, 7) is -0.00493. The van der Waals surface area contributed by atoms with Crippen LogP contribution in [-0.4, -0.2) is 15.2 Å². The number of rotatable bonds is 3. The number of hydrogen-bond acceptors (Lipinski definition) is 5. The van der Waals surface area contributed by atoms with Gasteiger partial charge in [0.2, 0.25) is 6.79 Å². The molecule has 0 atom stereocenters. The number of benzene rings is 2. The highest BCUT2D eigenvalue weighted by molar-refractivity contribution is 7.92. The van der Waals surface area contributed by atoms with E-state index < -0.39 is 10.0 Å². The minimum Gasteiger partial charge on any atom is -0.454 e. The topological polar surface area (TPSA) is 88.4 Å². The molecule has 0 bridgehead atoms. The van der Waals surface area contributed by atoms with Gasteiger partial charge in [-0.2, -0.15) is 5.26 Å². The van der Waals surface area contributed by atoms with E-state index in [2.05, 4.69) is 4.72 Å². The van der Waals surface area contributed by atoms with Crippen LogP contribution in [0.4, 0.5) is 5.69 Å². The fourth-order valence-corrected chi connectivity index (χ4v) is 4.10. The van der Waals surface area contributed by atoms with Crippen molar-refractivity contribution < 1.29 is 17.9 Å². The van der Waals surface area contributed by atoms with Crippen LogP contribution < -0.4 is 14.2 Å². The summed E-state index contributed by atoms with van der Waals surface area (Å²) < 4.78 is 37.8. The predicted octanol–water partition coefficient (Wildman–Crippen LogP) is 4.05. The summed E-state index contributed by atoms with van der Waals surface area (Å²) in [6, 6.07) is 7.00. The number of ether oxygens (including phenoxy) is 2. The van der Waals surface area contributed by atoms with E-state index in [-0.39, 0.29) is 38.0 Å². The molecule has 124 valence electrons. The first-order valence-corrected chi connectivity index (χ1v) is 8.94. The van der Waals surface area contributed by atoms with Gasteiger partial charge in [0.1, 0.15) is 11.0 Å². The van der Waals surface area contributed by atoms with Crippen LogP contribution in [0.2, 0.25) is 15.1 Å². The minimum atomic E-state index is -4.11. The highest BCUT2D eigenvalue weighted by atomic mass is 35.5. The predicted molar refractivity (Wildman–Crippen MR) is 89.6 cm³/mol. The van der Waals surface area contributed by atoms with Crippen LogP contribution in [0, 0.1) is 11.3 Å². The largest absolute Gasteiger partial charge is 0.454 e. The summed E-state index contributed by atoms with van der Waals surface area (Å²) >= 11 is 17.6. The lowest BCUT2D eigenvalue weighted by molar-refractivity contribution is 0.174. The third-order valence-corrected chi connectivity index (χ3v) is 5.69. The average molecular weight is 406 g/mol. The molecule has 1 aliphatic rings. The number of nitriles is 1. The lowest BCUT2D eigenvalue weighted by Crippen LogP contribution is -2.14. The molecule has 0 unspecified atom stereocenters. The van der Waals surface area contributed by atoms with E-state index in [0.717, 1.165) is 6.07 Å². The molecular weight excluding hydrogens is 399 g/mol. The quantitative estimate of drug-likeness (QED) is 0.778. The zero-order chi connectivity index (χ0) is 17.5. The van der Waals surface area contributed by atoms with Gasteiger partial charge in [-0.15, -0.1) is 0 Å². The monoisotopic (exact) mass is 404 g/mol. The third-order valence-electron chi connectivity index (χ3n) is 3.14. The number of nitrogens with zero attached hydrogens (tertiary/aromatic N) is 1. The third kappa shape index (κ3) is 3.06. The van der Waals surface area contributed by atoms with E-state index in [1.807, 2.05) is 6.07 Å². The summed E-state index contributed by atoms with van der Waals surface area (Å²) in [5, 5.41) is 9.27. The molecule has 10 heteroatoms. The highest BCUT2D eigenvalue weighted by Crippen LogP contribution is 2.38. The minimum absolute atomic E-state index is 0.00493. The first kappa shape index (κ1) is 17.0. The summed E-state index contributed by atoms with van der Waals surface area (Å²) in [4.78, 5) is -0.264. The molecule has 1 N–H and O–H groups in total. The molecule has 24 heavy (non-hydrogen) atoms. The zero-order valence-corrected chi connectivity index (χ0v) is 14.7. The maximum atomic E-state index is 12.6. The molecule has 2 aromatic rings. The van der Waals surface area contributed by atoms with Crippen molar-refractivity contribution >= 4 is 50.5 Å². The van der Waals surface area contributed by atoms with Gasteiger partial charge in [0.15, 0.2) is 11.5 Å². The Labute approximate surface area is 152 Å². The SMILES string of the molecule is N#Cc1cc2c(cc1NS(=O)(=O)c1cc(Cl)c(Cl)cc1Cl)OCO2. The average Bonchev–Trinajstić information content (AvgIpc) is 2.96. The van der Waals surface area contributed by atoms with Crippen LogP contribution in [0.1, 0.15) is 5.56 Å². The van der Waals surface area contributed by atoms with Crippen molar-refractivity contribution in [3.8, 4) is 17.6 Å². The Morgan fingerprint density at radius 1 is 1.00 bits per heavy atom. The van der Waals surface area contributed by atoms with E-state index in [9.17, 15) is 13.7 Å². The van der Waals surface area contributed by atoms with Crippen LogP contribution in [0.25, 0.3) is 0 Å². The molecule has 2 aromatic carbocycles. The fourth-order valence-electron chi connectivity index (χ4n) is 2.03. The molecule has 0 saturated heterocycles.